The Morgan fingerprint density at radius 1 is 1.32 bits per heavy atom. The van der Waals surface area contributed by atoms with Crippen LogP contribution in [0.2, 0.25) is 0 Å². The minimum Gasteiger partial charge on any atom is -0.480 e. The average Bonchev–Trinajstić information content (AvgIpc) is 2.35. The van der Waals surface area contributed by atoms with Crippen LogP contribution in [0.25, 0.3) is 0 Å². The Balaban J connectivity index is 2.30. The van der Waals surface area contributed by atoms with Crippen LogP contribution in [0.1, 0.15) is 18.4 Å². The summed E-state index contributed by atoms with van der Waals surface area (Å²) >= 11 is 0. The Hall–Kier alpha value is -2.31. The van der Waals surface area contributed by atoms with Gasteiger partial charge >= 0.3 is 5.97 Å². The number of carbonyl (C=O) groups excluding carboxylic acids is 1. The van der Waals surface area contributed by atoms with Gasteiger partial charge in [0.2, 0.25) is 5.91 Å². The summed E-state index contributed by atoms with van der Waals surface area (Å²) in [7, 11) is 0. The van der Waals surface area contributed by atoms with E-state index in [4.69, 9.17) is 5.11 Å². The van der Waals surface area contributed by atoms with Gasteiger partial charge < -0.3 is 5.11 Å². The molecule has 1 aliphatic heterocycles. The van der Waals surface area contributed by atoms with E-state index < -0.39 is 30.1 Å². The van der Waals surface area contributed by atoms with Crippen LogP contribution < -0.4 is 0 Å². The highest BCUT2D eigenvalue weighted by atomic mass is 19.2. The number of aliphatic carboxylic acids is 1. The zero-order chi connectivity index (χ0) is 14.0. The number of carboxylic acid groups (broad SMARTS) is 1. The molecule has 0 bridgehead atoms. The van der Waals surface area contributed by atoms with Gasteiger partial charge in [0, 0.05) is 18.4 Å². The molecule has 0 saturated carbocycles. The molecule has 0 spiro atoms. The lowest BCUT2D eigenvalue weighted by Crippen LogP contribution is -2.35. The fourth-order valence-corrected chi connectivity index (χ4v) is 1.74. The number of nitrogens with zero attached hydrogens (tertiary/aromatic N) is 2. The van der Waals surface area contributed by atoms with Crippen LogP contribution in [-0.2, 0) is 9.59 Å². The topological polar surface area (TPSA) is 70.0 Å². The first-order valence-electron chi connectivity index (χ1n) is 5.52. The van der Waals surface area contributed by atoms with Crippen LogP contribution in [0.4, 0.5) is 8.78 Å². The van der Waals surface area contributed by atoms with E-state index >= 15 is 0 Å². The van der Waals surface area contributed by atoms with Crippen molar-refractivity contribution >= 4 is 17.6 Å². The minimum atomic E-state index is -1.19. The molecule has 0 aliphatic carbocycles. The number of amides is 1. The lowest BCUT2D eigenvalue weighted by atomic mass is 10.0. The maximum absolute atomic E-state index is 13.1. The molecule has 100 valence electrons. The third-order valence-electron chi connectivity index (χ3n) is 2.64. The Morgan fingerprint density at radius 3 is 2.68 bits per heavy atom. The van der Waals surface area contributed by atoms with Gasteiger partial charge in [-0.2, -0.15) is 5.10 Å². The second kappa shape index (κ2) is 5.13. The predicted octanol–water partition coefficient (Wildman–Crippen LogP) is 1.38. The van der Waals surface area contributed by atoms with Crippen LogP contribution in [-0.4, -0.2) is 34.2 Å². The Labute approximate surface area is 107 Å². The molecule has 1 heterocycles. The normalized spacial score (nSPS) is 15.4. The lowest BCUT2D eigenvalue weighted by Gasteiger charge is -2.22. The van der Waals surface area contributed by atoms with E-state index in [2.05, 4.69) is 5.10 Å². The molecule has 7 heteroatoms. The van der Waals surface area contributed by atoms with Gasteiger partial charge in [0.25, 0.3) is 0 Å². The van der Waals surface area contributed by atoms with Crippen molar-refractivity contribution in [3.05, 3.63) is 35.4 Å². The molecule has 0 aromatic heterocycles. The Morgan fingerprint density at radius 2 is 2.05 bits per heavy atom. The van der Waals surface area contributed by atoms with Crippen LogP contribution in [0, 0.1) is 11.6 Å². The maximum Gasteiger partial charge on any atom is 0.325 e. The minimum absolute atomic E-state index is 0.0884. The lowest BCUT2D eigenvalue weighted by molar-refractivity contribution is -0.144. The molecule has 0 atom stereocenters. The summed E-state index contributed by atoms with van der Waals surface area (Å²) in [6.45, 7) is -0.550. The van der Waals surface area contributed by atoms with Gasteiger partial charge in [0.05, 0.1) is 5.71 Å². The number of carboxylic acids is 1. The smallest absolute Gasteiger partial charge is 0.325 e. The van der Waals surface area contributed by atoms with Gasteiger partial charge in [-0.3, -0.25) is 9.59 Å². The molecule has 2 rings (SSSR count). The monoisotopic (exact) mass is 268 g/mol. The molecule has 1 aromatic carbocycles. The summed E-state index contributed by atoms with van der Waals surface area (Å²) in [5.41, 5.74) is 0.696. The largest absolute Gasteiger partial charge is 0.480 e. The molecular formula is C12H10F2N2O3. The summed E-state index contributed by atoms with van der Waals surface area (Å²) in [5.74, 6) is -3.59. The van der Waals surface area contributed by atoms with Crippen molar-refractivity contribution in [2.24, 2.45) is 5.10 Å². The molecular weight excluding hydrogens is 258 g/mol. The molecule has 19 heavy (non-hydrogen) atoms. The van der Waals surface area contributed by atoms with Crippen molar-refractivity contribution in [1.82, 2.24) is 5.01 Å². The quantitative estimate of drug-likeness (QED) is 0.900. The predicted molar refractivity (Wildman–Crippen MR) is 61.5 cm³/mol. The Bertz CT molecular complexity index is 572. The highest BCUT2D eigenvalue weighted by molar-refractivity contribution is 6.04. The zero-order valence-electron chi connectivity index (χ0n) is 9.77. The average molecular weight is 268 g/mol. The number of benzene rings is 1. The maximum atomic E-state index is 13.1. The van der Waals surface area contributed by atoms with Crippen LogP contribution in [0.15, 0.2) is 23.3 Å². The van der Waals surface area contributed by atoms with Gasteiger partial charge in [-0.25, -0.2) is 13.8 Å². The molecule has 1 amide bonds. The number of hydrogen-bond acceptors (Lipinski definition) is 3. The zero-order valence-corrected chi connectivity index (χ0v) is 9.77. The molecule has 0 unspecified atom stereocenters. The van der Waals surface area contributed by atoms with E-state index in [1.54, 1.807) is 0 Å². The second-order valence-corrected chi connectivity index (χ2v) is 4.02. The van der Waals surface area contributed by atoms with Gasteiger partial charge in [0.1, 0.15) is 6.54 Å². The summed E-state index contributed by atoms with van der Waals surface area (Å²) in [6, 6.07) is 3.28. The third-order valence-corrected chi connectivity index (χ3v) is 2.64. The van der Waals surface area contributed by atoms with E-state index in [-0.39, 0.29) is 12.8 Å². The molecule has 1 aliphatic rings. The summed E-state index contributed by atoms with van der Waals surface area (Å²) in [5, 5.41) is 13.3. The van der Waals surface area contributed by atoms with Gasteiger partial charge in [-0.15, -0.1) is 0 Å². The van der Waals surface area contributed by atoms with Crippen molar-refractivity contribution < 1.29 is 23.5 Å². The second-order valence-electron chi connectivity index (χ2n) is 4.02. The van der Waals surface area contributed by atoms with Crippen molar-refractivity contribution in [3.8, 4) is 0 Å². The Kier molecular flexibility index (Phi) is 3.55. The third kappa shape index (κ3) is 2.93. The summed E-state index contributed by atoms with van der Waals surface area (Å²) in [6.07, 6.45) is 0.352. The van der Waals surface area contributed by atoms with Crippen LogP contribution in [0.5, 0.6) is 0 Å². The van der Waals surface area contributed by atoms with Gasteiger partial charge in [-0.1, -0.05) is 0 Å². The van der Waals surface area contributed by atoms with Crippen molar-refractivity contribution in [3.63, 3.8) is 0 Å². The molecule has 0 fully saturated rings. The summed E-state index contributed by atoms with van der Waals surface area (Å²) < 4.78 is 25.9. The number of hydrogen-bond donors (Lipinski definition) is 1. The molecule has 1 N–H and O–H groups in total. The molecule has 0 radical (unpaired) electrons. The highest BCUT2D eigenvalue weighted by Crippen LogP contribution is 2.17. The highest BCUT2D eigenvalue weighted by Gasteiger charge is 2.23. The first-order chi connectivity index (χ1) is 8.97. The first-order valence-corrected chi connectivity index (χ1v) is 5.52. The van der Waals surface area contributed by atoms with E-state index in [9.17, 15) is 18.4 Å². The fourth-order valence-electron chi connectivity index (χ4n) is 1.74. The van der Waals surface area contributed by atoms with Gasteiger partial charge in [0.15, 0.2) is 11.6 Å². The van der Waals surface area contributed by atoms with Crippen molar-refractivity contribution in [2.75, 3.05) is 6.54 Å². The van der Waals surface area contributed by atoms with E-state index in [0.29, 0.717) is 11.3 Å². The van der Waals surface area contributed by atoms with Gasteiger partial charge in [-0.05, 0) is 18.2 Å². The first kappa shape index (κ1) is 13.1. The molecule has 0 saturated heterocycles. The number of carbonyl (C=O) groups is 2. The standard InChI is InChI=1S/C12H10F2N2O3/c13-8-2-1-7(5-9(8)14)10-3-4-11(17)16(15-10)6-12(18)19/h1-2,5H,3-4,6H2,(H,18,19). The molecule has 1 aromatic rings. The van der Waals surface area contributed by atoms with E-state index in [1.807, 2.05) is 0 Å². The van der Waals surface area contributed by atoms with Crippen LogP contribution in [0.3, 0.4) is 0 Å². The SMILES string of the molecule is O=C(O)CN1N=C(c2ccc(F)c(F)c2)CCC1=O. The fraction of sp³-hybridized carbons (Fsp3) is 0.250. The van der Waals surface area contributed by atoms with Crippen molar-refractivity contribution in [1.29, 1.82) is 0 Å². The number of rotatable bonds is 3. The van der Waals surface area contributed by atoms with E-state index in [0.717, 1.165) is 17.1 Å². The number of hydrazone groups is 1. The number of halogens is 2. The van der Waals surface area contributed by atoms with Crippen LogP contribution >= 0.6 is 0 Å². The summed E-state index contributed by atoms with van der Waals surface area (Å²) in [4.78, 5) is 22.0. The molecule has 5 nitrogen and oxygen atoms in total. The van der Waals surface area contributed by atoms with Crippen molar-refractivity contribution in [2.45, 2.75) is 12.8 Å². The van der Waals surface area contributed by atoms with E-state index in [1.165, 1.54) is 6.07 Å².